The van der Waals surface area contributed by atoms with Crippen LogP contribution in [-0.4, -0.2) is 22.3 Å². The maximum Gasteiger partial charge on any atom is 0.394 e. The lowest BCUT2D eigenvalue weighted by Crippen LogP contribution is -2.33. The maximum atomic E-state index is 12.7. The highest BCUT2D eigenvalue weighted by atomic mass is 19.4. The summed E-state index contributed by atoms with van der Waals surface area (Å²) in [4.78, 5) is 4.11. The van der Waals surface area contributed by atoms with Crippen LogP contribution >= 0.6 is 0 Å². The highest BCUT2D eigenvalue weighted by Crippen LogP contribution is 2.28. The van der Waals surface area contributed by atoms with Gasteiger partial charge < -0.3 is 10.3 Å². The second kappa shape index (κ2) is 5.44. The summed E-state index contributed by atoms with van der Waals surface area (Å²) >= 11 is 0. The van der Waals surface area contributed by atoms with Crippen LogP contribution in [0.5, 0.6) is 0 Å². The van der Waals surface area contributed by atoms with Crippen molar-refractivity contribution in [1.82, 2.24) is 9.55 Å². The Balaban J connectivity index is 2.26. The smallest absolute Gasteiger partial charge is 0.330 e. The van der Waals surface area contributed by atoms with Gasteiger partial charge in [0, 0.05) is 31.0 Å². The largest absolute Gasteiger partial charge is 0.394 e. The van der Waals surface area contributed by atoms with E-state index in [1.54, 1.807) is 0 Å². The van der Waals surface area contributed by atoms with Gasteiger partial charge in [-0.2, -0.15) is 13.2 Å². The molecule has 0 aliphatic rings. The fourth-order valence-electron chi connectivity index (χ4n) is 1.85. The fourth-order valence-corrected chi connectivity index (χ4v) is 1.85. The highest BCUT2D eigenvalue weighted by molar-refractivity contribution is 5.55. The van der Waals surface area contributed by atoms with Crippen molar-refractivity contribution in [2.75, 3.05) is 6.54 Å². The molecule has 1 aromatic heterocycles. The van der Waals surface area contributed by atoms with Gasteiger partial charge in [-0.05, 0) is 0 Å². The molecule has 102 valence electrons. The van der Waals surface area contributed by atoms with Gasteiger partial charge in [0.25, 0.3) is 0 Å². The standard InChI is InChI=1S/C13H14F3N3/c14-13(15,16)11(8-17)9-19-7-6-18-12(19)10-4-2-1-3-5-10/h1-7,11H,8-9,17H2. The number of nitrogens with zero attached hydrogens (tertiary/aromatic N) is 2. The molecule has 3 nitrogen and oxygen atoms in total. The molecule has 1 unspecified atom stereocenters. The number of nitrogens with two attached hydrogens (primary N) is 1. The average molecular weight is 269 g/mol. The van der Waals surface area contributed by atoms with Crippen LogP contribution in [0.1, 0.15) is 0 Å². The Bertz CT molecular complexity index is 519. The molecular formula is C13H14F3N3. The van der Waals surface area contributed by atoms with Crippen molar-refractivity contribution in [3.8, 4) is 11.4 Å². The van der Waals surface area contributed by atoms with E-state index in [-0.39, 0.29) is 6.54 Å². The average Bonchev–Trinajstić information content (AvgIpc) is 2.83. The second-order valence-electron chi connectivity index (χ2n) is 4.24. The molecule has 0 fully saturated rings. The SMILES string of the molecule is NCC(Cn1ccnc1-c1ccccc1)C(F)(F)F. The van der Waals surface area contributed by atoms with Crippen LogP contribution in [0.4, 0.5) is 13.2 Å². The molecule has 6 heteroatoms. The number of imidazole rings is 1. The van der Waals surface area contributed by atoms with Crippen LogP contribution < -0.4 is 5.73 Å². The Morgan fingerprint density at radius 2 is 1.89 bits per heavy atom. The van der Waals surface area contributed by atoms with Gasteiger partial charge >= 0.3 is 6.18 Å². The lowest BCUT2D eigenvalue weighted by molar-refractivity contribution is -0.175. The first-order valence-corrected chi connectivity index (χ1v) is 5.85. The zero-order valence-corrected chi connectivity index (χ0v) is 10.1. The maximum absolute atomic E-state index is 12.7. The number of rotatable bonds is 4. The van der Waals surface area contributed by atoms with Crippen LogP contribution in [-0.2, 0) is 6.54 Å². The first-order chi connectivity index (χ1) is 9.02. The van der Waals surface area contributed by atoms with Crippen molar-refractivity contribution >= 4 is 0 Å². The molecule has 1 atom stereocenters. The first kappa shape index (κ1) is 13.6. The quantitative estimate of drug-likeness (QED) is 0.927. The lowest BCUT2D eigenvalue weighted by Gasteiger charge is -2.20. The van der Waals surface area contributed by atoms with E-state index < -0.39 is 18.6 Å². The number of halogens is 3. The molecule has 0 spiro atoms. The van der Waals surface area contributed by atoms with Crippen LogP contribution in [0.15, 0.2) is 42.7 Å². The summed E-state index contributed by atoms with van der Waals surface area (Å²) in [6.07, 6.45) is -1.27. The number of aromatic nitrogens is 2. The predicted octanol–water partition coefficient (Wildman–Crippen LogP) is 2.69. The molecule has 0 amide bonds. The van der Waals surface area contributed by atoms with Crippen molar-refractivity contribution in [1.29, 1.82) is 0 Å². The summed E-state index contributed by atoms with van der Waals surface area (Å²) in [5, 5.41) is 0. The zero-order valence-electron chi connectivity index (χ0n) is 10.1. The molecule has 2 rings (SSSR count). The van der Waals surface area contributed by atoms with Crippen molar-refractivity contribution < 1.29 is 13.2 Å². The monoisotopic (exact) mass is 269 g/mol. The molecule has 0 radical (unpaired) electrons. The fraction of sp³-hybridized carbons (Fsp3) is 0.308. The second-order valence-corrected chi connectivity index (χ2v) is 4.24. The summed E-state index contributed by atoms with van der Waals surface area (Å²) in [5.74, 6) is -1.05. The Morgan fingerprint density at radius 3 is 2.47 bits per heavy atom. The minimum Gasteiger partial charge on any atom is -0.330 e. The van der Waals surface area contributed by atoms with Crippen LogP contribution in [0, 0.1) is 5.92 Å². The van der Waals surface area contributed by atoms with Crippen molar-refractivity contribution in [3.05, 3.63) is 42.7 Å². The summed E-state index contributed by atoms with van der Waals surface area (Å²) in [5.41, 5.74) is 5.99. The topological polar surface area (TPSA) is 43.8 Å². The van der Waals surface area contributed by atoms with Gasteiger partial charge in [-0.25, -0.2) is 4.98 Å². The van der Waals surface area contributed by atoms with Gasteiger partial charge in [0.05, 0.1) is 5.92 Å². The molecule has 0 saturated carbocycles. The molecule has 0 bridgehead atoms. The molecule has 0 aliphatic carbocycles. The van der Waals surface area contributed by atoms with Gasteiger partial charge in [-0.15, -0.1) is 0 Å². The summed E-state index contributed by atoms with van der Waals surface area (Å²) in [6, 6.07) is 9.10. The van der Waals surface area contributed by atoms with Gasteiger partial charge in [0.1, 0.15) is 5.82 Å². The number of hydrogen-bond acceptors (Lipinski definition) is 2. The van der Waals surface area contributed by atoms with E-state index in [1.807, 2.05) is 30.3 Å². The van der Waals surface area contributed by atoms with E-state index in [0.717, 1.165) is 5.56 Å². The predicted molar refractivity (Wildman–Crippen MR) is 66.3 cm³/mol. The molecule has 1 heterocycles. The third-order valence-electron chi connectivity index (χ3n) is 2.91. The Kier molecular flexibility index (Phi) is 3.90. The van der Waals surface area contributed by atoms with Gasteiger partial charge in [0.15, 0.2) is 0 Å². The van der Waals surface area contributed by atoms with Crippen molar-refractivity contribution in [3.63, 3.8) is 0 Å². The molecule has 0 aliphatic heterocycles. The van der Waals surface area contributed by atoms with Gasteiger partial charge in [0.2, 0.25) is 0 Å². The summed E-state index contributed by atoms with van der Waals surface area (Å²) < 4.78 is 39.7. The van der Waals surface area contributed by atoms with Gasteiger partial charge in [-0.1, -0.05) is 30.3 Å². The van der Waals surface area contributed by atoms with E-state index in [4.69, 9.17) is 5.73 Å². The highest BCUT2D eigenvalue weighted by Gasteiger charge is 2.38. The molecule has 19 heavy (non-hydrogen) atoms. The number of benzene rings is 1. The normalized spacial score (nSPS) is 13.5. The van der Waals surface area contributed by atoms with Crippen LogP contribution in [0.3, 0.4) is 0 Å². The third-order valence-corrected chi connectivity index (χ3v) is 2.91. The van der Waals surface area contributed by atoms with Crippen molar-refractivity contribution in [2.45, 2.75) is 12.7 Å². The molecule has 2 aromatic rings. The Hall–Kier alpha value is -1.82. The number of hydrogen-bond donors (Lipinski definition) is 1. The summed E-state index contributed by atoms with van der Waals surface area (Å²) in [6.45, 7) is -0.653. The first-order valence-electron chi connectivity index (χ1n) is 5.85. The third kappa shape index (κ3) is 3.14. The Labute approximate surface area is 108 Å². The van der Waals surface area contributed by atoms with E-state index in [9.17, 15) is 13.2 Å². The number of alkyl halides is 3. The van der Waals surface area contributed by atoms with E-state index in [2.05, 4.69) is 4.98 Å². The molecule has 1 aromatic carbocycles. The minimum atomic E-state index is -4.30. The molecular weight excluding hydrogens is 255 g/mol. The van der Waals surface area contributed by atoms with Crippen LogP contribution in [0.2, 0.25) is 0 Å². The van der Waals surface area contributed by atoms with Crippen molar-refractivity contribution in [2.24, 2.45) is 11.7 Å². The minimum absolute atomic E-state index is 0.218. The van der Waals surface area contributed by atoms with E-state index in [1.165, 1.54) is 17.0 Å². The zero-order chi connectivity index (χ0) is 13.9. The summed E-state index contributed by atoms with van der Waals surface area (Å²) in [7, 11) is 0. The Morgan fingerprint density at radius 1 is 1.21 bits per heavy atom. The molecule has 2 N–H and O–H groups in total. The van der Waals surface area contributed by atoms with Gasteiger partial charge in [-0.3, -0.25) is 0 Å². The lowest BCUT2D eigenvalue weighted by atomic mass is 10.1. The van der Waals surface area contributed by atoms with E-state index in [0.29, 0.717) is 5.82 Å². The molecule has 0 saturated heterocycles. The van der Waals surface area contributed by atoms with Crippen LogP contribution in [0.25, 0.3) is 11.4 Å². The van der Waals surface area contributed by atoms with E-state index >= 15 is 0 Å².